The van der Waals surface area contributed by atoms with Gasteiger partial charge in [-0.15, -0.1) is 0 Å². The minimum atomic E-state index is -3.66. The van der Waals surface area contributed by atoms with E-state index in [1.54, 1.807) is 0 Å². The predicted octanol–water partition coefficient (Wildman–Crippen LogP) is 2.16. The summed E-state index contributed by atoms with van der Waals surface area (Å²) in [5.74, 6) is 0.618. The van der Waals surface area contributed by atoms with Crippen molar-refractivity contribution in [2.24, 2.45) is 17.8 Å². The Morgan fingerprint density at radius 2 is 1.96 bits per heavy atom. The lowest BCUT2D eigenvalue weighted by molar-refractivity contribution is -0.126. The van der Waals surface area contributed by atoms with Gasteiger partial charge < -0.3 is 0 Å². The average Bonchev–Trinajstić information content (AvgIpc) is 3.23. The van der Waals surface area contributed by atoms with Crippen molar-refractivity contribution < 1.29 is 17.6 Å². The second kappa shape index (κ2) is 7.93. The van der Waals surface area contributed by atoms with Gasteiger partial charge in [0.1, 0.15) is 5.82 Å². The van der Waals surface area contributed by atoms with E-state index in [0.29, 0.717) is 31.3 Å². The lowest BCUT2D eigenvalue weighted by atomic mass is 9.96. The average molecular weight is 408 g/mol. The number of rotatable bonds is 5. The van der Waals surface area contributed by atoms with Crippen LogP contribution in [0.3, 0.4) is 0 Å². The van der Waals surface area contributed by atoms with Crippen LogP contribution in [-0.4, -0.2) is 49.8 Å². The summed E-state index contributed by atoms with van der Waals surface area (Å²) >= 11 is 0. The Labute approximate surface area is 165 Å². The summed E-state index contributed by atoms with van der Waals surface area (Å²) in [7, 11) is -3.66. The summed E-state index contributed by atoms with van der Waals surface area (Å²) in [6.45, 7) is 2.47. The van der Waals surface area contributed by atoms with Gasteiger partial charge in [-0.25, -0.2) is 17.8 Å². The number of nitrogens with zero attached hydrogens (tertiary/aromatic N) is 2. The maximum Gasteiger partial charge on any atom is 0.243 e. The van der Waals surface area contributed by atoms with E-state index in [4.69, 9.17) is 0 Å². The predicted molar refractivity (Wildman–Crippen MR) is 103 cm³/mol. The number of benzene rings is 1. The van der Waals surface area contributed by atoms with Crippen LogP contribution in [0.25, 0.3) is 0 Å². The first-order chi connectivity index (χ1) is 13.4. The minimum Gasteiger partial charge on any atom is -0.289 e. The Hall–Kier alpha value is -1.77. The zero-order valence-corrected chi connectivity index (χ0v) is 16.6. The molecule has 1 aliphatic carbocycles. The van der Waals surface area contributed by atoms with E-state index < -0.39 is 15.8 Å². The summed E-state index contributed by atoms with van der Waals surface area (Å²) in [6.07, 6.45) is 7.39. The van der Waals surface area contributed by atoms with E-state index in [9.17, 15) is 17.6 Å². The molecule has 152 valence electrons. The maximum absolute atomic E-state index is 13.1. The van der Waals surface area contributed by atoms with Crippen molar-refractivity contribution in [2.75, 3.05) is 26.2 Å². The van der Waals surface area contributed by atoms with Gasteiger partial charge in [0.2, 0.25) is 15.9 Å². The van der Waals surface area contributed by atoms with E-state index in [1.807, 2.05) is 5.01 Å². The molecule has 3 aliphatic rings. The van der Waals surface area contributed by atoms with E-state index >= 15 is 0 Å². The Kier molecular flexibility index (Phi) is 5.53. The standard InChI is InChI=1S/C20H26FN3O3S/c21-18-6-8-19(9-7-18)28(26,27)24-10-2-3-15(12-24)11-20(25)22-23-13-16-4-1-5-17(16)14-23/h1,4,6-9,15-17H,2-3,5,10-14H2,(H,22,25). The van der Waals surface area contributed by atoms with Gasteiger partial charge in [-0.2, -0.15) is 4.31 Å². The fourth-order valence-corrected chi connectivity index (χ4v) is 6.09. The molecule has 0 spiro atoms. The minimum absolute atomic E-state index is 0.00836. The van der Waals surface area contributed by atoms with Crippen molar-refractivity contribution in [1.29, 1.82) is 0 Å². The normalized spacial score (nSPS) is 28.4. The van der Waals surface area contributed by atoms with Gasteiger partial charge in [0.25, 0.3) is 0 Å². The van der Waals surface area contributed by atoms with Crippen LogP contribution < -0.4 is 5.43 Å². The van der Waals surface area contributed by atoms with Gasteiger partial charge in [0, 0.05) is 32.6 Å². The second-order valence-electron chi connectivity index (χ2n) is 8.06. The van der Waals surface area contributed by atoms with Crippen LogP contribution in [0.15, 0.2) is 41.3 Å². The summed E-state index contributed by atoms with van der Waals surface area (Å²) in [4.78, 5) is 12.6. The molecule has 2 heterocycles. The lowest BCUT2D eigenvalue weighted by Gasteiger charge is -2.32. The first-order valence-corrected chi connectivity index (χ1v) is 11.3. The van der Waals surface area contributed by atoms with Gasteiger partial charge in [-0.3, -0.25) is 10.2 Å². The number of carbonyl (C=O) groups excluding carboxylic acids is 1. The third-order valence-corrected chi connectivity index (χ3v) is 7.88. The second-order valence-corrected chi connectivity index (χ2v) is 10.00. The van der Waals surface area contributed by atoms with Gasteiger partial charge in [0.05, 0.1) is 4.90 Å². The molecule has 0 aromatic heterocycles. The molecule has 1 N–H and O–H groups in total. The van der Waals surface area contributed by atoms with E-state index in [1.165, 1.54) is 16.4 Å². The number of piperidine rings is 1. The molecule has 2 aliphatic heterocycles. The zero-order chi connectivity index (χ0) is 19.7. The molecule has 8 heteroatoms. The summed E-state index contributed by atoms with van der Waals surface area (Å²) in [5, 5.41) is 2.00. The van der Waals surface area contributed by atoms with Crippen LogP contribution in [0.1, 0.15) is 25.7 Å². The number of nitrogens with one attached hydrogen (secondary N) is 1. The molecule has 0 bridgehead atoms. The van der Waals surface area contributed by atoms with Gasteiger partial charge in [-0.05, 0) is 61.3 Å². The number of carbonyl (C=O) groups is 1. The molecule has 3 atom stereocenters. The third-order valence-electron chi connectivity index (χ3n) is 6.00. The number of hydrogen-bond donors (Lipinski definition) is 1. The SMILES string of the molecule is O=C(CC1CCCN(S(=O)(=O)c2ccc(F)cc2)C1)NN1CC2C=CCC2C1. The van der Waals surface area contributed by atoms with Crippen LogP contribution in [-0.2, 0) is 14.8 Å². The van der Waals surface area contributed by atoms with Crippen molar-refractivity contribution in [3.63, 3.8) is 0 Å². The third kappa shape index (κ3) is 4.14. The summed E-state index contributed by atoms with van der Waals surface area (Å²) in [6, 6.07) is 4.89. The number of hydrogen-bond acceptors (Lipinski definition) is 4. The number of amides is 1. The highest BCUT2D eigenvalue weighted by Crippen LogP contribution is 2.32. The number of halogens is 1. The highest BCUT2D eigenvalue weighted by atomic mass is 32.2. The molecular formula is C20H26FN3O3S. The van der Waals surface area contributed by atoms with Crippen LogP contribution in [0, 0.1) is 23.6 Å². The fourth-order valence-electron chi connectivity index (χ4n) is 4.53. The Morgan fingerprint density at radius 1 is 1.18 bits per heavy atom. The van der Waals surface area contributed by atoms with Crippen LogP contribution >= 0.6 is 0 Å². The number of sulfonamides is 1. The van der Waals surface area contributed by atoms with Gasteiger partial charge >= 0.3 is 0 Å². The first kappa shape index (κ1) is 19.5. The van der Waals surface area contributed by atoms with Crippen molar-refractivity contribution in [3.8, 4) is 0 Å². The van der Waals surface area contributed by atoms with E-state index in [0.717, 1.165) is 44.5 Å². The molecule has 3 unspecified atom stereocenters. The number of hydrazine groups is 1. The molecule has 28 heavy (non-hydrogen) atoms. The van der Waals surface area contributed by atoms with Crippen LogP contribution in [0.2, 0.25) is 0 Å². The number of fused-ring (bicyclic) bond motifs is 1. The Morgan fingerprint density at radius 3 is 2.71 bits per heavy atom. The zero-order valence-electron chi connectivity index (χ0n) is 15.8. The molecule has 4 rings (SSSR count). The largest absolute Gasteiger partial charge is 0.289 e. The molecule has 0 saturated carbocycles. The van der Waals surface area contributed by atoms with E-state index in [2.05, 4.69) is 17.6 Å². The fraction of sp³-hybridized carbons (Fsp3) is 0.550. The van der Waals surface area contributed by atoms with Gasteiger partial charge in [-0.1, -0.05) is 12.2 Å². The van der Waals surface area contributed by atoms with Crippen LogP contribution in [0.4, 0.5) is 4.39 Å². The molecule has 2 saturated heterocycles. The number of allylic oxidation sites excluding steroid dienone is 1. The molecule has 1 aromatic carbocycles. The molecule has 0 radical (unpaired) electrons. The highest BCUT2D eigenvalue weighted by molar-refractivity contribution is 7.89. The van der Waals surface area contributed by atoms with Crippen molar-refractivity contribution in [3.05, 3.63) is 42.2 Å². The van der Waals surface area contributed by atoms with Crippen molar-refractivity contribution >= 4 is 15.9 Å². The molecule has 1 amide bonds. The smallest absolute Gasteiger partial charge is 0.243 e. The monoisotopic (exact) mass is 407 g/mol. The topological polar surface area (TPSA) is 69.7 Å². The molecular weight excluding hydrogens is 381 g/mol. The van der Waals surface area contributed by atoms with E-state index in [-0.39, 0.29) is 16.7 Å². The summed E-state index contributed by atoms with van der Waals surface area (Å²) in [5.41, 5.74) is 3.00. The molecule has 6 nitrogen and oxygen atoms in total. The quantitative estimate of drug-likeness (QED) is 0.760. The van der Waals surface area contributed by atoms with Gasteiger partial charge in [0.15, 0.2) is 0 Å². The molecule has 1 aromatic rings. The first-order valence-electron chi connectivity index (χ1n) is 9.88. The van der Waals surface area contributed by atoms with Crippen molar-refractivity contribution in [1.82, 2.24) is 14.7 Å². The maximum atomic E-state index is 13.1. The summed E-state index contributed by atoms with van der Waals surface area (Å²) < 4.78 is 40.1. The highest BCUT2D eigenvalue weighted by Gasteiger charge is 2.35. The van der Waals surface area contributed by atoms with Crippen LogP contribution in [0.5, 0.6) is 0 Å². The Balaban J connectivity index is 1.33. The Bertz CT molecular complexity index is 856. The molecule has 2 fully saturated rings. The lowest BCUT2D eigenvalue weighted by Crippen LogP contribution is -2.44. The van der Waals surface area contributed by atoms with Crippen molar-refractivity contribution in [2.45, 2.75) is 30.6 Å².